The van der Waals surface area contributed by atoms with Gasteiger partial charge < -0.3 is 63.1 Å². The predicted molar refractivity (Wildman–Crippen MR) is 317 cm³/mol. The largest absolute Gasteiger partial charge is 0.501 e. The van der Waals surface area contributed by atoms with E-state index in [0.717, 1.165) is 17.2 Å². The Morgan fingerprint density at radius 1 is 0.651 bits per heavy atom. The van der Waals surface area contributed by atoms with Gasteiger partial charge in [-0.15, -0.1) is 13.5 Å². The van der Waals surface area contributed by atoms with Crippen LogP contribution in [0.2, 0.25) is 0 Å². The highest BCUT2D eigenvalue weighted by molar-refractivity contribution is 7.91. The number of carbonyl (C=O) groups is 3. The Kier molecular flexibility index (Phi) is 23.6. The number of hydrogen-bond donors (Lipinski definition) is 6. The van der Waals surface area contributed by atoms with Gasteiger partial charge in [-0.3, -0.25) is 19.1 Å². The minimum absolute atomic E-state index is 0.0428. The molecule has 0 saturated carbocycles. The molecule has 86 heavy (non-hydrogen) atoms. The lowest BCUT2D eigenvalue weighted by molar-refractivity contribution is -0.277. The van der Waals surface area contributed by atoms with Crippen molar-refractivity contribution in [2.45, 2.75) is 131 Å². The molecule has 0 radical (unpaired) electrons. The number of carbonyl (C=O) groups excluding carboxylic acids is 3. The van der Waals surface area contributed by atoms with Gasteiger partial charge in [-0.2, -0.15) is 0 Å². The van der Waals surface area contributed by atoms with Crippen molar-refractivity contribution in [3.05, 3.63) is 131 Å². The summed E-state index contributed by atoms with van der Waals surface area (Å²) in [5.74, 6) is -2.51. The molecule has 23 nitrogen and oxygen atoms in total. The first-order valence-electron chi connectivity index (χ1n) is 28.2. The normalized spacial score (nSPS) is 17.9. The molecule has 2 amide bonds. The van der Waals surface area contributed by atoms with Gasteiger partial charge in [-0.1, -0.05) is 109 Å². The number of aliphatic hydroxyl groups is 4. The summed E-state index contributed by atoms with van der Waals surface area (Å²) in [7, 11) is -8.49. The van der Waals surface area contributed by atoms with E-state index in [0.29, 0.717) is 62.8 Å². The number of benzene rings is 4. The Morgan fingerprint density at radius 2 is 1.21 bits per heavy atom. The molecule has 2 heterocycles. The SMILES string of the molecule is CCc1ccc(OS(=O)(=O)Oc2cc(C(=O)NCC(C)(C)COCC(C)(C)Cn3cc(COCC(C)(C)COCC(C)(C)CNC(=O)c4ccc(C(=O)CCS(=O)(=O)c5ccc(C)cc5)cc4)nn3)ccc2O[C@@H]2O[C@H](CO)[C@H](O)[C@H](O)[C@H]2O)cc1. The first-order valence-corrected chi connectivity index (χ1v) is 31.2. The second kappa shape index (κ2) is 29.5. The Labute approximate surface area is 503 Å². The van der Waals surface area contributed by atoms with Gasteiger partial charge in [0.1, 0.15) is 35.9 Å². The van der Waals surface area contributed by atoms with E-state index in [1.807, 2.05) is 75.4 Å². The van der Waals surface area contributed by atoms with Gasteiger partial charge in [-0.05, 0) is 73.5 Å². The second-order valence-corrected chi connectivity index (χ2v) is 28.1. The lowest BCUT2D eigenvalue weighted by Gasteiger charge is -2.39. The maximum absolute atomic E-state index is 13.6. The first kappa shape index (κ1) is 68.7. The number of sulfone groups is 1. The molecule has 6 rings (SSSR count). The average Bonchev–Trinajstić information content (AvgIpc) is 2.17. The van der Waals surface area contributed by atoms with Gasteiger partial charge in [0, 0.05) is 64.4 Å². The summed E-state index contributed by atoms with van der Waals surface area (Å²) in [4.78, 5) is 39.6. The molecular weight excluding hydrogens is 1150 g/mol. The standard InChI is InChI=1S/C61H83N5O18S2/c1-11-41-14-21-46(22-15-41)83-86(76,77)84-50-28-44(20-25-49(50)81-57-54(71)53(70)52(69)51(30-67)82-57)56(73)63-33-59(5,6)35-79-37-60(7,8)34-66-29-45(64-65-66)31-78-38-61(9,10)39-80-36-58(3,4)32-62-55(72)43-18-16-42(17-19-43)48(68)26-27-85(74,75)47-23-12-40(2)13-24-47/h12-25,28-29,51-54,57,67,69-71H,11,26-27,30-39H2,1-10H3,(H,62,72)(H,63,73)/t51-,52+,53+,54-,57-/m1/s1. The van der Waals surface area contributed by atoms with Crippen molar-refractivity contribution in [2.75, 3.05) is 58.5 Å². The van der Waals surface area contributed by atoms with E-state index in [2.05, 4.69) is 20.9 Å². The molecular formula is C61H83N5O18S2. The van der Waals surface area contributed by atoms with Crippen LogP contribution in [-0.4, -0.2) is 159 Å². The van der Waals surface area contributed by atoms with Crippen LogP contribution in [-0.2, 0) is 58.8 Å². The molecule has 5 atom stereocenters. The van der Waals surface area contributed by atoms with Crippen LogP contribution in [0.4, 0.5) is 0 Å². The van der Waals surface area contributed by atoms with Crippen molar-refractivity contribution in [1.82, 2.24) is 25.6 Å². The highest BCUT2D eigenvalue weighted by atomic mass is 32.3. The van der Waals surface area contributed by atoms with Crippen LogP contribution in [0.5, 0.6) is 17.2 Å². The molecule has 4 aromatic carbocycles. The number of ether oxygens (including phenoxy) is 5. The van der Waals surface area contributed by atoms with E-state index in [9.17, 15) is 51.6 Å². The molecule has 0 aliphatic carbocycles. The molecule has 0 spiro atoms. The van der Waals surface area contributed by atoms with Gasteiger partial charge in [-0.25, -0.2) is 8.42 Å². The Morgan fingerprint density at radius 3 is 1.81 bits per heavy atom. The van der Waals surface area contributed by atoms with E-state index in [1.165, 1.54) is 48.5 Å². The Hall–Kier alpha value is -6.39. The third-order valence-corrected chi connectivity index (χ3v) is 16.3. The number of Topliss-reactive ketones (excluding diaryl/α,β-unsaturated/α-hetero) is 1. The number of aryl methyl sites for hydroxylation is 2. The van der Waals surface area contributed by atoms with Crippen LogP contribution in [0, 0.1) is 28.6 Å². The minimum atomic E-state index is -4.87. The molecule has 1 fully saturated rings. The number of aromatic nitrogens is 3. The van der Waals surface area contributed by atoms with Crippen LogP contribution in [0.25, 0.3) is 0 Å². The monoisotopic (exact) mass is 1240 g/mol. The lowest BCUT2D eigenvalue weighted by Crippen LogP contribution is -2.60. The fraction of sp³-hybridized carbons (Fsp3) is 0.525. The maximum atomic E-state index is 13.6. The van der Waals surface area contributed by atoms with Gasteiger partial charge in [0.2, 0.25) is 6.29 Å². The number of nitrogens with zero attached hydrogens (tertiary/aromatic N) is 3. The fourth-order valence-corrected chi connectivity index (χ4v) is 10.7. The molecule has 25 heteroatoms. The summed E-state index contributed by atoms with van der Waals surface area (Å²) in [6, 6.07) is 22.5. The number of hydrogen-bond acceptors (Lipinski definition) is 20. The quantitative estimate of drug-likeness (QED) is 0.0279. The summed E-state index contributed by atoms with van der Waals surface area (Å²) in [5, 5.41) is 55.3. The van der Waals surface area contributed by atoms with E-state index >= 15 is 0 Å². The van der Waals surface area contributed by atoms with Crippen molar-refractivity contribution in [1.29, 1.82) is 0 Å². The molecule has 0 unspecified atom stereocenters. The molecule has 1 aliphatic heterocycles. The minimum Gasteiger partial charge on any atom is -0.458 e. The highest BCUT2D eigenvalue weighted by Gasteiger charge is 2.45. The zero-order valence-electron chi connectivity index (χ0n) is 50.5. The molecule has 472 valence electrons. The third-order valence-electron chi connectivity index (χ3n) is 13.8. The van der Waals surface area contributed by atoms with E-state index in [-0.39, 0.29) is 71.0 Å². The maximum Gasteiger partial charge on any atom is 0.501 e. The summed E-state index contributed by atoms with van der Waals surface area (Å²) in [5.41, 5.74) is 1.38. The fourth-order valence-electron chi connectivity index (χ4n) is 8.76. The van der Waals surface area contributed by atoms with Crippen LogP contribution < -0.4 is 23.7 Å². The number of rotatable bonds is 33. The molecule has 5 aromatic rings. The number of amides is 2. The first-order chi connectivity index (χ1) is 40.3. The van der Waals surface area contributed by atoms with Gasteiger partial charge in [0.05, 0.1) is 63.1 Å². The molecule has 1 saturated heterocycles. The average molecular weight is 1240 g/mol. The number of nitrogens with one attached hydrogen (secondary N) is 2. The van der Waals surface area contributed by atoms with Crippen LogP contribution >= 0.6 is 0 Å². The highest BCUT2D eigenvalue weighted by Crippen LogP contribution is 2.34. The van der Waals surface area contributed by atoms with Gasteiger partial charge in [0.25, 0.3) is 11.8 Å². The van der Waals surface area contributed by atoms with Crippen molar-refractivity contribution >= 4 is 37.8 Å². The van der Waals surface area contributed by atoms with Crippen molar-refractivity contribution in [3.8, 4) is 17.2 Å². The van der Waals surface area contributed by atoms with Crippen molar-refractivity contribution < 1.29 is 83.7 Å². The van der Waals surface area contributed by atoms with Gasteiger partial charge in [0.15, 0.2) is 27.1 Å². The smallest absolute Gasteiger partial charge is 0.458 e. The Balaban J connectivity index is 0.905. The zero-order chi connectivity index (χ0) is 63.3. The summed E-state index contributed by atoms with van der Waals surface area (Å²) >= 11 is 0. The third kappa shape index (κ3) is 20.9. The van der Waals surface area contributed by atoms with Crippen LogP contribution in [0.3, 0.4) is 0 Å². The molecule has 1 aliphatic rings. The number of aliphatic hydroxyl groups excluding tert-OH is 4. The lowest BCUT2D eigenvalue weighted by atomic mass is 9.93. The summed E-state index contributed by atoms with van der Waals surface area (Å²) in [6.07, 6.45) is -6.01. The van der Waals surface area contributed by atoms with Crippen molar-refractivity contribution in [2.24, 2.45) is 21.7 Å². The zero-order valence-corrected chi connectivity index (χ0v) is 52.1. The molecule has 1 aromatic heterocycles. The van der Waals surface area contributed by atoms with Gasteiger partial charge >= 0.3 is 10.4 Å². The second-order valence-electron chi connectivity index (χ2n) is 24.8. The number of ketones is 1. The van der Waals surface area contributed by atoms with Crippen LogP contribution in [0.1, 0.15) is 117 Å². The molecule has 6 N–H and O–H groups in total. The Bertz CT molecular complexity index is 3280. The van der Waals surface area contributed by atoms with Crippen LogP contribution in [0.15, 0.2) is 102 Å². The topological polar surface area (TPSA) is 320 Å². The van der Waals surface area contributed by atoms with E-state index in [4.69, 9.17) is 32.1 Å². The summed E-state index contributed by atoms with van der Waals surface area (Å²) in [6.45, 7) is 21.7. The van der Waals surface area contributed by atoms with E-state index < -0.39 is 85.5 Å². The van der Waals surface area contributed by atoms with E-state index in [1.54, 1.807) is 41.1 Å². The van der Waals surface area contributed by atoms with Crippen molar-refractivity contribution in [3.63, 3.8) is 0 Å². The predicted octanol–water partition coefficient (Wildman–Crippen LogP) is 5.59. The summed E-state index contributed by atoms with van der Waals surface area (Å²) < 4.78 is 93.6. The molecule has 0 bridgehead atoms.